The van der Waals surface area contributed by atoms with E-state index in [0.717, 1.165) is 5.56 Å². The van der Waals surface area contributed by atoms with Crippen LogP contribution in [-0.4, -0.2) is 50.1 Å². The van der Waals surface area contributed by atoms with E-state index in [1.165, 1.54) is 0 Å². The first-order valence-corrected chi connectivity index (χ1v) is 7.91. The van der Waals surface area contributed by atoms with Crippen LogP contribution < -0.4 is 11.1 Å². The van der Waals surface area contributed by atoms with E-state index in [-0.39, 0.29) is 24.9 Å². The van der Waals surface area contributed by atoms with Gasteiger partial charge in [0.05, 0.1) is 12.0 Å². The van der Waals surface area contributed by atoms with Gasteiger partial charge in [-0.3, -0.25) is 9.59 Å². The maximum Gasteiger partial charge on any atom is 0.242 e. The fourth-order valence-corrected chi connectivity index (χ4v) is 2.71. The van der Waals surface area contributed by atoms with E-state index in [4.69, 9.17) is 10.5 Å². The molecule has 0 unspecified atom stereocenters. The highest BCUT2D eigenvalue weighted by Crippen LogP contribution is 2.29. The quantitative estimate of drug-likeness (QED) is 0.800. The number of ether oxygens (including phenoxy) is 1. The number of carbonyl (C=O) groups is 2. The van der Waals surface area contributed by atoms with Gasteiger partial charge in [0, 0.05) is 33.4 Å². The number of carbonyl (C=O) groups excluding carboxylic acids is 2. The monoisotopic (exact) mass is 319 g/mol. The van der Waals surface area contributed by atoms with Gasteiger partial charge in [0.15, 0.2) is 0 Å². The van der Waals surface area contributed by atoms with Crippen molar-refractivity contribution in [1.29, 1.82) is 0 Å². The van der Waals surface area contributed by atoms with Crippen molar-refractivity contribution >= 4 is 11.8 Å². The molecule has 1 fully saturated rings. The predicted octanol–water partition coefficient (Wildman–Crippen LogP) is 0.517. The van der Waals surface area contributed by atoms with Gasteiger partial charge < -0.3 is 20.7 Å². The molecule has 6 heteroatoms. The minimum absolute atomic E-state index is 0.00915. The van der Waals surface area contributed by atoms with Gasteiger partial charge >= 0.3 is 0 Å². The highest BCUT2D eigenvalue weighted by molar-refractivity contribution is 5.88. The molecule has 0 aromatic heterocycles. The molecule has 0 spiro atoms. The number of likely N-dealkylation sites (N-methyl/N-ethyl adjacent to an activating group) is 1. The Morgan fingerprint density at radius 2 is 1.91 bits per heavy atom. The normalized spacial score (nSPS) is 16.6. The first-order chi connectivity index (χ1) is 11.1. The zero-order chi connectivity index (χ0) is 16.7. The number of rotatable bonds is 6. The van der Waals surface area contributed by atoms with Crippen molar-refractivity contribution in [3.8, 4) is 0 Å². The molecule has 2 amide bonds. The molecule has 2 rings (SSSR count). The molecule has 6 nitrogen and oxygen atoms in total. The van der Waals surface area contributed by atoms with Crippen molar-refractivity contribution in [3.63, 3.8) is 0 Å². The second-order valence-electron chi connectivity index (χ2n) is 6.01. The molecule has 1 saturated heterocycles. The molecular weight excluding hydrogens is 294 g/mol. The van der Waals surface area contributed by atoms with Crippen molar-refractivity contribution in [1.82, 2.24) is 10.2 Å². The summed E-state index contributed by atoms with van der Waals surface area (Å²) in [7, 11) is 1.73. The van der Waals surface area contributed by atoms with Gasteiger partial charge in [0.2, 0.25) is 11.8 Å². The molecule has 23 heavy (non-hydrogen) atoms. The summed E-state index contributed by atoms with van der Waals surface area (Å²) in [5.74, 6) is -0.272. The molecule has 1 aliphatic heterocycles. The summed E-state index contributed by atoms with van der Waals surface area (Å²) in [6, 6.07) is 9.74. The number of nitrogens with one attached hydrogen (secondary N) is 1. The van der Waals surface area contributed by atoms with Crippen LogP contribution in [0.15, 0.2) is 30.3 Å². The molecule has 0 atom stereocenters. The number of amides is 2. The first-order valence-electron chi connectivity index (χ1n) is 7.91. The zero-order valence-electron chi connectivity index (χ0n) is 13.6. The van der Waals surface area contributed by atoms with E-state index >= 15 is 0 Å². The third-order valence-corrected chi connectivity index (χ3v) is 4.41. The lowest BCUT2D eigenvalue weighted by molar-refractivity contribution is -0.139. The highest BCUT2D eigenvalue weighted by Gasteiger charge is 2.38. The number of hydrogen-bond donors (Lipinski definition) is 2. The second-order valence-corrected chi connectivity index (χ2v) is 6.01. The van der Waals surface area contributed by atoms with Gasteiger partial charge in [0.1, 0.15) is 0 Å². The standard InChI is InChI=1S/C17H25N3O3/c1-20(12-14-5-3-2-4-6-14)15(21)11-19-16(22)17(13-18)7-9-23-10-8-17/h2-6H,7-13,18H2,1H3,(H,19,22). The molecule has 1 aliphatic rings. The summed E-state index contributed by atoms with van der Waals surface area (Å²) in [5.41, 5.74) is 6.25. The maximum atomic E-state index is 12.4. The Morgan fingerprint density at radius 3 is 2.52 bits per heavy atom. The van der Waals surface area contributed by atoms with Crippen molar-refractivity contribution in [3.05, 3.63) is 35.9 Å². The van der Waals surface area contributed by atoms with Crippen LogP contribution in [0.2, 0.25) is 0 Å². The molecule has 3 N–H and O–H groups in total. The predicted molar refractivity (Wildman–Crippen MR) is 87.5 cm³/mol. The van der Waals surface area contributed by atoms with Crippen LogP contribution in [0.1, 0.15) is 18.4 Å². The maximum absolute atomic E-state index is 12.4. The second kappa shape index (κ2) is 8.08. The number of hydrogen-bond acceptors (Lipinski definition) is 4. The third-order valence-electron chi connectivity index (χ3n) is 4.41. The molecule has 0 bridgehead atoms. The third kappa shape index (κ3) is 4.53. The van der Waals surface area contributed by atoms with Crippen LogP contribution in [0.4, 0.5) is 0 Å². The van der Waals surface area contributed by atoms with Crippen LogP contribution in [0.25, 0.3) is 0 Å². The smallest absolute Gasteiger partial charge is 0.242 e. The summed E-state index contributed by atoms with van der Waals surface area (Å²) >= 11 is 0. The average molecular weight is 319 g/mol. The Kier molecular flexibility index (Phi) is 6.12. The topological polar surface area (TPSA) is 84.7 Å². The number of nitrogens with two attached hydrogens (primary N) is 1. The zero-order valence-corrected chi connectivity index (χ0v) is 13.6. The Balaban J connectivity index is 1.84. The van der Waals surface area contributed by atoms with Crippen molar-refractivity contribution in [2.24, 2.45) is 11.1 Å². The Hall–Kier alpha value is -1.92. The fraction of sp³-hybridized carbons (Fsp3) is 0.529. The van der Waals surface area contributed by atoms with E-state index in [0.29, 0.717) is 32.6 Å². The molecule has 126 valence electrons. The number of benzene rings is 1. The van der Waals surface area contributed by atoms with Crippen LogP contribution in [0, 0.1) is 5.41 Å². The fourth-order valence-electron chi connectivity index (χ4n) is 2.71. The summed E-state index contributed by atoms with van der Waals surface area (Å²) in [5, 5.41) is 2.74. The van der Waals surface area contributed by atoms with Crippen LogP contribution in [0.3, 0.4) is 0 Å². The average Bonchev–Trinajstić information content (AvgIpc) is 2.60. The Morgan fingerprint density at radius 1 is 1.26 bits per heavy atom. The van der Waals surface area contributed by atoms with Crippen molar-refractivity contribution in [2.45, 2.75) is 19.4 Å². The largest absolute Gasteiger partial charge is 0.381 e. The van der Waals surface area contributed by atoms with Gasteiger partial charge in [-0.25, -0.2) is 0 Å². The van der Waals surface area contributed by atoms with Gasteiger partial charge in [-0.15, -0.1) is 0 Å². The minimum Gasteiger partial charge on any atom is -0.381 e. The van der Waals surface area contributed by atoms with Crippen LogP contribution in [-0.2, 0) is 20.9 Å². The molecule has 0 saturated carbocycles. The lowest BCUT2D eigenvalue weighted by atomic mass is 9.79. The van der Waals surface area contributed by atoms with Gasteiger partial charge in [-0.05, 0) is 18.4 Å². The van der Waals surface area contributed by atoms with Crippen molar-refractivity contribution in [2.75, 3.05) is 33.4 Å². The molecule has 1 aromatic rings. The Labute approximate surface area is 137 Å². The molecule has 0 aliphatic carbocycles. The minimum atomic E-state index is -0.601. The SMILES string of the molecule is CN(Cc1ccccc1)C(=O)CNC(=O)C1(CN)CCOCC1. The van der Waals surface area contributed by atoms with E-state index in [2.05, 4.69) is 5.32 Å². The summed E-state index contributed by atoms with van der Waals surface area (Å²) in [4.78, 5) is 26.2. The van der Waals surface area contributed by atoms with Gasteiger partial charge in [-0.2, -0.15) is 0 Å². The lowest BCUT2D eigenvalue weighted by Gasteiger charge is -2.34. The molecule has 1 aromatic carbocycles. The van der Waals surface area contributed by atoms with E-state index in [1.54, 1.807) is 11.9 Å². The van der Waals surface area contributed by atoms with Crippen LogP contribution >= 0.6 is 0 Å². The van der Waals surface area contributed by atoms with Gasteiger partial charge in [0.25, 0.3) is 0 Å². The van der Waals surface area contributed by atoms with E-state index < -0.39 is 5.41 Å². The number of nitrogens with zero attached hydrogens (tertiary/aromatic N) is 1. The molecular formula is C17H25N3O3. The van der Waals surface area contributed by atoms with E-state index in [9.17, 15) is 9.59 Å². The van der Waals surface area contributed by atoms with Crippen LogP contribution in [0.5, 0.6) is 0 Å². The first kappa shape index (κ1) is 17.4. The summed E-state index contributed by atoms with van der Waals surface area (Å²) in [6.07, 6.45) is 1.20. The molecule has 1 heterocycles. The Bertz CT molecular complexity index is 527. The lowest BCUT2D eigenvalue weighted by Crippen LogP contribution is -2.51. The van der Waals surface area contributed by atoms with E-state index in [1.807, 2.05) is 30.3 Å². The summed E-state index contributed by atoms with van der Waals surface area (Å²) < 4.78 is 5.30. The highest BCUT2D eigenvalue weighted by atomic mass is 16.5. The molecule has 0 radical (unpaired) electrons. The van der Waals surface area contributed by atoms with Crippen molar-refractivity contribution < 1.29 is 14.3 Å². The summed E-state index contributed by atoms with van der Waals surface area (Å²) in [6.45, 7) is 1.85. The van der Waals surface area contributed by atoms with Gasteiger partial charge in [-0.1, -0.05) is 30.3 Å².